The number of nitrogens with one attached hydrogen (secondary N) is 3. The predicted octanol–water partition coefficient (Wildman–Crippen LogP) is 3.74. The van der Waals surface area contributed by atoms with E-state index in [0.29, 0.717) is 23.4 Å². The van der Waals surface area contributed by atoms with Crippen LogP contribution in [0.2, 0.25) is 0 Å². The molecule has 3 atom stereocenters. The SMILES string of the molecule is CCOC(=O)[C@@H]1Cc2ccc(NC(=O)OC(C)(C)C)cc2N1C(=O)CNC(=O)[C@@H](NC(=O)Cc1ccccc1)[C@@H](C)CC. The Balaban J connectivity index is 1.76. The molecule has 0 radical (unpaired) electrons. The number of carbonyl (C=O) groups excluding carboxylic acids is 5. The van der Waals surface area contributed by atoms with E-state index in [2.05, 4.69) is 16.0 Å². The molecule has 0 bridgehead atoms. The van der Waals surface area contributed by atoms with Crippen molar-refractivity contribution in [3.8, 4) is 0 Å². The minimum absolute atomic E-state index is 0.116. The monoisotopic (exact) mass is 594 g/mol. The van der Waals surface area contributed by atoms with Gasteiger partial charge in [0.1, 0.15) is 17.7 Å². The summed E-state index contributed by atoms with van der Waals surface area (Å²) in [6, 6.07) is 12.4. The van der Waals surface area contributed by atoms with Gasteiger partial charge in [-0.3, -0.25) is 24.6 Å². The molecular weight excluding hydrogens is 552 g/mol. The van der Waals surface area contributed by atoms with Crippen molar-refractivity contribution < 1.29 is 33.4 Å². The molecule has 11 nitrogen and oxygen atoms in total. The standard InChI is InChI=1S/C32H42N4O7/c1-7-20(3)28(35-26(37)16-21-12-10-9-11-13-21)29(39)33-19-27(38)36-24-18-23(34-31(41)43-32(4,5)6)15-14-22(24)17-25(36)30(40)42-8-2/h9-15,18,20,25,28H,7-8,16-17,19H2,1-6H3,(H,33,39)(H,34,41)(H,35,37)/t20-,25-,28-/m0/s1. The van der Waals surface area contributed by atoms with Crippen LogP contribution in [0.15, 0.2) is 48.5 Å². The van der Waals surface area contributed by atoms with Gasteiger partial charge in [-0.2, -0.15) is 0 Å². The fourth-order valence-electron chi connectivity index (χ4n) is 4.73. The zero-order valence-electron chi connectivity index (χ0n) is 25.7. The largest absolute Gasteiger partial charge is 0.464 e. The second-order valence-electron chi connectivity index (χ2n) is 11.5. The van der Waals surface area contributed by atoms with Crippen molar-refractivity contribution in [1.82, 2.24) is 10.6 Å². The number of amides is 4. The minimum Gasteiger partial charge on any atom is -0.464 e. The predicted molar refractivity (Wildman–Crippen MR) is 162 cm³/mol. The minimum atomic E-state index is -0.938. The Morgan fingerprint density at radius 1 is 1.02 bits per heavy atom. The third kappa shape index (κ3) is 9.29. The van der Waals surface area contributed by atoms with Gasteiger partial charge in [0.15, 0.2) is 0 Å². The average Bonchev–Trinajstić information content (AvgIpc) is 3.32. The van der Waals surface area contributed by atoms with E-state index >= 15 is 0 Å². The summed E-state index contributed by atoms with van der Waals surface area (Å²) in [5.41, 5.74) is 1.61. The van der Waals surface area contributed by atoms with Gasteiger partial charge in [-0.25, -0.2) is 9.59 Å². The van der Waals surface area contributed by atoms with E-state index in [0.717, 1.165) is 5.56 Å². The van der Waals surface area contributed by atoms with E-state index in [-0.39, 0.29) is 31.3 Å². The van der Waals surface area contributed by atoms with Crippen LogP contribution in [0.5, 0.6) is 0 Å². The molecule has 0 spiro atoms. The number of esters is 1. The smallest absolute Gasteiger partial charge is 0.412 e. The molecule has 0 aromatic heterocycles. The van der Waals surface area contributed by atoms with Gasteiger partial charge in [0.25, 0.3) is 0 Å². The van der Waals surface area contributed by atoms with Crippen LogP contribution in [0.1, 0.15) is 59.1 Å². The highest BCUT2D eigenvalue weighted by atomic mass is 16.6. The maximum Gasteiger partial charge on any atom is 0.412 e. The van der Waals surface area contributed by atoms with Crippen molar-refractivity contribution in [1.29, 1.82) is 0 Å². The number of nitrogens with zero attached hydrogens (tertiary/aromatic N) is 1. The van der Waals surface area contributed by atoms with Gasteiger partial charge in [0.2, 0.25) is 17.7 Å². The number of rotatable bonds is 11. The van der Waals surface area contributed by atoms with E-state index < -0.39 is 48.1 Å². The summed E-state index contributed by atoms with van der Waals surface area (Å²) in [6.45, 7) is 10.4. The molecule has 2 aromatic rings. The number of hydrogen-bond acceptors (Lipinski definition) is 7. The molecule has 11 heteroatoms. The maximum atomic E-state index is 13.6. The third-order valence-corrected chi connectivity index (χ3v) is 6.98. The van der Waals surface area contributed by atoms with Crippen molar-refractivity contribution in [3.63, 3.8) is 0 Å². The first-order valence-electron chi connectivity index (χ1n) is 14.6. The summed E-state index contributed by atoms with van der Waals surface area (Å²) in [7, 11) is 0. The summed E-state index contributed by atoms with van der Waals surface area (Å²) < 4.78 is 10.6. The van der Waals surface area contributed by atoms with Gasteiger partial charge in [0, 0.05) is 12.1 Å². The zero-order valence-corrected chi connectivity index (χ0v) is 25.7. The topological polar surface area (TPSA) is 143 Å². The molecule has 4 amide bonds. The molecule has 0 saturated heterocycles. The number of benzene rings is 2. The van der Waals surface area contributed by atoms with Crippen LogP contribution in [-0.2, 0) is 41.5 Å². The molecule has 1 heterocycles. The molecular formula is C32H42N4O7. The number of fused-ring (bicyclic) bond motifs is 1. The lowest BCUT2D eigenvalue weighted by Crippen LogP contribution is -2.53. The molecule has 43 heavy (non-hydrogen) atoms. The highest BCUT2D eigenvalue weighted by molar-refractivity contribution is 6.05. The Bertz CT molecular complexity index is 1320. The fraction of sp³-hybridized carbons (Fsp3) is 0.469. The number of hydrogen-bond donors (Lipinski definition) is 3. The number of anilines is 2. The highest BCUT2D eigenvalue weighted by Crippen LogP contribution is 2.35. The highest BCUT2D eigenvalue weighted by Gasteiger charge is 2.40. The van der Waals surface area contributed by atoms with Gasteiger partial charge in [-0.1, -0.05) is 56.7 Å². The average molecular weight is 595 g/mol. The van der Waals surface area contributed by atoms with E-state index in [1.165, 1.54) is 4.90 Å². The van der Waals surface area contributed by atoms with Gasteiger partial charge in [0.05, 0.1) is 25.3 Å². The lowest BCUT2D eigenvalue weighted by molar-refractivity contribution is -0.145. The van der Waals surface area contributed by atoms with Crippen LogP contribution < -0.4 is 20.9 Å². The molecule has 232 valence electrons. The molecule has 3 rings (SSSR count). The number of carbonyl (C=O) groups is 5. The van der Waals surface area contributed by atoms with Gasteiger partial charge in [-0.05, 0) is 56.9 Å². The summed E-state index contributed by atoms with van der Waals surface area (Å²) in [6.07, 6.45) is 0.287. The fourth-order valence-corrected chi connectivity index (χ4v) is 4.73. The van der Waals surface area contributed by atoms with E-state index in [9.17, 15) is 24.0 Å². The molecule has 1 aliphatic rings. The van der Waals surface area contributed by atoms with Crippen LogP contribution >= 0.6 is 0 Å². The van der Waals surface area contributed by atoms with Crippen LogP contribution in [0.4, 0.5) is 16.2 Å². The quantitative estimate of drug-likeness (QED) is 0.336. The van der Waals surface area contributed by atoms with Crippen molar-refractivity contribution >= 4 is 41.2 Å². The second-order valence-corrected chi connectivity index (χ2v) is 11.5. The molecule has 0 saturated carbocycles. The Hall–Kier alpha value is -4.41. The summed E-state index contributed by atoms with van der Waals surface area (Å²) in [4.78, 5) is 66.1. The van der Waals surface area contributed by atoms with Crippen LogP contribution in [0.3, 0.4) is 0 Å². The Morgan fingerprint density at radius 2 is 1.72 bits per heavy atom. The Kier molecular flexibility index (Phi) is 11.3. The molecule has 2 aromatic carbocycles. The summed E-state index contributed by atoms with van der Waals surface area (Å²) in [5.74, 6) is -2.13. The molecule has 3 N–H and O–H groups in total. The normalized spacial score (nSPS) is 15.5. The Labute approximate surface area is 252 Å². The Morgan fingerprint density at radius 3 is 2.35 bits per heavy atom. The van der Waals surface area contributed by atoms with E-state index in [1.54, 1.807) is 45.9 Å². The molecule has 0 fully saturated rings. The first-order chi connectivity index (χ1) is 20.3. The molecule has 0 aliphatic carbocycles. The molecule has 0 unspecified atom stereocenters. The number of ether oxygens (including phenoxy) is 2. The second kappa shape index (κ2) is 14.7. The zero-order chi connectivity index (χ0) is 31.7. The van der Waals surface area contributed by atoms with E-state index in [4.69, 9.17) is 9.47 Å². The van der Waals surface area contributed by atoms with Gasteiger partial charge < -0.3 is 20.1 Å². The van der Waals surface area contributed by atoms with Gasteiger partial charge >= 0.3 is 12.1 Å². The summed E-state index contributed by atoms with van der Waals surface area (Å²) in [5, 5.41) is 8.11. The van der Waals surface area contributed by atoms with Crippen molar-refractivity contribution in [3.05, 3.63) is 59.7 Å². The third-order valence-electron chi connectivity index (χ3n) is 6.98. The van der Waals surface area contributed by atoms with Crippen molar-refractivity contribution in [2.45, 2.75) is 78.5 Å². The lowest BCUT2D eigenvalue weighted by atomic mass is 9.98. The maximum absolute atomic E-state index is 13.6. The van der Waals surface area contributed by atoms with Gasteiger partial charge in [-0.15, -0.1) is 0 Å². The molecule has 1 aliphatic heterocycles. The first kappa shape index (κ1) is 33.1. The van der Waals surface area contributed by atoms with Crippen LogP contribution in [-0.4, -0.2) is 60.6 Å². The van der Waals surface area contributed by atoms with Crippen LogP contribution in [0.25, 0.3) is 0 Å². The van der Waals surface area contributed by atoms with Crippen molar-refractivity contribution in [2.24, 2.45) is 5.92 Å². The van der Waals surface area contributed by atoms with Crippen molar-refractivity contribution in [2.75, 3.05) is 23.4 Å². The summed E-state index contributed by atoms with van der Waals surface area (Å²) >= 11 is 0. The lowest BCUT2D eigenvalue weighted by Gasteiger charge is -2.26. The van der Waals surface area contributed by atoms with E-state index in [1.807, 2.05) is 44.2 Å². The first-order valence-corrected chi connectivity index (χ1v) is 14.6. The van der Waals surface area contributed by atoms with Crippen LogP contribution in [0, 0.1) is 5.92 Å².